The molecule has 0 aliphatic heterocycles. The van der Waals surface area contributed by atoms with Gasteiger partial charge in [-0.1, -0.05) is 0 Å². The fraction of sp³-hybridized carbons (Fsp3) is 0.300. The Labute approximate surface area is 103 Å². The zero-order valence-corrected chi connectivity index (χ0v) is 9.90. The van der Waals surface area contributed by atoms with Crippen LogP contribution in [-0.2, 0) is 4.79 Å². The van der Waals surface area contributed by atoms with Crippen molar-refractivity contribution in [3.63, 3.8) is 0 Å². The molecule has 3 amide bonds. The molecule has 8 nitrogen and oxygen atoms in total. The van der Waals surface area contributed by atoms with Crippen LogP contribution in [0.2, 0.25) is 0 Å². The van der Waals surface area contributed by atoms with Crippen molar-refractivity contribution in [1.29, 1.82) is 0 Å². The zero-order valence-electron chi connectivity index (χ0n) is 9.90. The maximum absolute atomic E-state index is 11.5. The molecule has 0 radical (unpaired) electrons. The van der Waals surface area contributed by atoms with Gasteiger partial charge in [0.1, 0.15) is 11.7 Å². The summed E-state index contributed by atoms with van der Waals surface area (Å²) < 4.78 is 0. The number of amides is 3. The summed E-state index contributed by atoms with van der Waals surface area (Å²) in [7, 11) is 0. The number of aromatic amines is 1. The van der Waals surface area contributed by atoms with Crippen molar-refractivity contribution in [2.75, 3.05) is 5.32 Å². The van der Waals surface area contributed by atoms with Crippen LogP contribution in [0.1, 0.15) is 23.1 Å². The van der Waals surface area contributed by atoms with Crippen molar-refractivity contribution in [3.8, 4) is 0 Å². The quantitative estimate of drug-likeness (QED) is 0.517. The summed E-state index contributed by atoms with van der Waals surface area (Å²) in [6.45, 7) is 3.07. The van der Waals surface area contributed by atoms with Crippen molar-refractivity contribution in [2.45, 2.75) is 19.9 Å². The van der Waals surface area contributed by atoms with E-state index in [1.807, 2.05) is 0 Å². The van der Waals surface area contributed by atoms with Crippen LogP contribution < -0.4 is 16.4 Å². The number of hydrogen-bond acceptors (Lipinski definition) is 3. The van der Waals surface area contributed by atoms with Crippen LogP contribution in [0.3, 0.4) is 0 Å². The molecule has 0 aromatic carbocycles. The highest BCUT2D eigenvalue weighted by Crippen LogP contribution is 2.16. The minimum absolute atomic E-state index is 0.120. The molecular formula is C10H14N4O4. The predicted molar refractivity (Wildman–Crippen MR) is 63.3 cm³/mol. The smallest absolute Gasteiger partial charge is 0.354 e. The monoisotopic (exact) mass is 254 g/mol. The summed E-state index contributed by atoms with van der Waals surface area (Å²) in [5.74, 6) is -1.88. The van der Waals surface area contributed by atoms with Gasteiger partial charge >= 0.3 is 12.0 Å². The van der Waals surface area contributed by atoms with E-state index in [2.05, 4.69) is 15.6 Å². The largest absolute Gasteiger partial charge is 0.477 e. The number of aromatic nitrogens is 1. The Morgan fingerprint density at radius 3 is 2.56 bits per heavy atom. The van der Waals surface area contributed by atoms with Gasteiger partial charge in [0, 0.05) is 5.69 Å². The average Bonchev–Trinajstić information content (AvgIpc) is 2.58. The SMILES string of the molecule is Cc1cc(NC(=O)NC(C)C(N)=O)c(C(=O)O)[nH]1. The first-order valence-electron chi connectivity index (χ1n) is 5.11. The summed E-state index contributed by atoms with van der Waals surface area (Å²) in [6, 6.07) is -0.0843. The van der Waals surface area contributed by atoms with Gasteiger partial charge in [0.2, 0.25) is 5.91 Å². The number of primary amides is 1. The average molecular weight is 254 g/mol. The van der Waals surface area contributed by atoms with Gasteiger partial charge in [0.05, 0.1) is 5.69 Å². The highest BCUT2D eigenvalue weighted by Gasteiger charge is 2.17. The normalized spacial score (nSPS) is 11.7. The van der Waals surface area contributed by atoms with Crippen molar-refractivity contribution < 1.29 is 19.5 Å². The topological polar surface area (TPSA) is 137 Å². The summed E-state index contributed by atoms with van der Waals surface area (Å²) >= 11 is 0. The third kappa shape index (κ3) is 3.24. The van der Waals surface area contributed by atoms with Crippen LogP contribution in [-0.4, -0.2) is 34.0 Å². The lowest BCUT2D eigenvalue weighted by Crippen LogP contribution is -2.44. The highest BCUT2D eigenvalue weighted by atomic mass is 16.4. The van der Waals surface area contributed by atoms with Crippen LogP contribution in [0, 0.1) is 6.92 Å². The number of nitrogens with two attached hydrogens (primary N) is 1. The van der Waals surface area contributed by atoms with E-state index in [1.165, 1.54) is 13.0 Å². The van der Waals surface area contributed by atoms with E-state index < -0.39 is 23.9 Å². The number of aromatic carboxylic acids is 1. The van der Waals surface area contributed by atoms with Gasteiger partial charge in [-0.3, -0.25) is 4.79 Å². The van der Waals surface area contributed by atoms with Gasteiger partial charge in [-0.15, -0.1) is 0 Å². The lowest BCUT2D eigenvalue weighted by atomic mass is 10.3. The van der Waals surface area contributed by atoms with E-state index in [0.717, 1.165) is 0 Å². The lowest BCUT2D eigenvalue weighted by molar-refractivity contribution is -0.119. The second-order valence-electron chi connectivity index (χ2n) is 3.77. The van der Waals surface area contributed by atoms with Crippen molar-refractivity contribution >= 4 is 23.6 Å². The summed E-state index contributed by atoms with van der Waals surface area (Å²) in [5.41, 5.74) is 5.56. The van der Waals surface area contributed by atoms with E-state index in [4.69, 9.17) is 10.8 Å². The standard InChI is InChI=1S/C10H14N4O4/c1-4-3-6(7(12-4)9(16)17)14-10(18)13-5(2)8(11)15/h3,5,12H,1-2H3,(H2,11,15)(H,16,17)(H2,13,14,18). The molecule has 6 N–H and O–H groups in total. The number of carboxylic acids is 1. The lowest BCUT2D eigenvalue weighted by Gasteiger charge is -2.10. The fourth-order valence-electron chi connectivity index (χ4n) is 1.28. The third-order valence-electron chi connectivity index (χ3n) is 2.19. The Bertz CT molecular complexity index is 494. The van der Waals surface area contributed by atoms with Gasteiger partial charge in [-0.2, -0.15) is 0 Å². The van der Waals surface area contributed by atoms with Crippen LogP contribution in [0.25, 0.3) is 0 Å². The van der Waals surface area contributed by atoms with Crippen molar-refractivity contribution in [2.24, 2.45) is 5.73 Å². The number of anilines is 1. The number of nitrogens with one attached hydrogen (secondary N) is 3. The number of hydrogen-bond donors (Lipinski definition) is 5. The Balaban J connectivity index is 2.76. The van der Waals surface area contributed by atoms with E-state index in [0.29, 0.717) is 5.69 Å². The number of carboxylic acid groups (broad SMARTS) is 1. The summed E-state index contributed by atoms with van der Waals surface area (Å²) in [4.78, 5) is 35.7. The Hall–Kier alpha value is -2.51. The molecule has 0 aliphatic carbocycles. The zero-order chi connectivity index (χ0) is 13.9. The molecule has 0 saturated heterocycles. The van der Waals surface area contributed by atoms with Crippen LogP contribution in [0.5, 0.6) is 0 Å². The number of aryl methyl sites for hydroxylation is 1. The molecule has 98 valence electrons. The fourth-order valence-corrected chi connectivity index (χ4v) is 1.28. The highest BCUT2D eigenvalue weighted by molar-refractivity contribution is 6.00. The Morgan fingerprint density at radius 2 is 2.06 bits per heavy atom. The first kappa shape index (κ1) is 13.6. The first-order valence-corrected chi connectivity index (χ1v) is 5.11. The van der Waals surface area contributed by atoms with E-state index in [9.17, 15) is 14.4 Å². The summed E-state index contributed by atoms with van der Waals surface area (Å²) in [6.07, 6.45) is 0. The van der Waals surface area contributed by atoms with E-state index >= 15 is 0 Å². The van der Waals surface area contributed by atoms with Gasteiger partial charge in [-0.25, -0.2) is 9.59 Å². The number of urea groups is 1. The van der Waals surface area contributed by atoms with Gasteiger partial charge in [0.15, 0.2) is 0 Å². The van der Waals surface area contributed by atoms with Gasteiger partial charge in [0.25, 0.3) is 0 Å². The molecule has 0 saturated carbocycles. The second kappa shape index (κ2) is 5.21. The number of rotatable bonds is 4. The van der Waals surface area contributed by atoms with Crippen molar-refractivity contribution in [1.82, 2.24) is 10.3 Å². The molecule has 1 aromatic heterocycles. The number of carbonyl (C=O) groups excluding carboxylic acids is 2. The third-order valence-corrected chi connectivity index (χ3v) is 2.19. The minimum Gasteiger partial charge on any atom is -0.477 e. The first-order chi connectivity index (χ1) is 8.31. The van der Waals surface area contributed by atoms with Crippen LogP contribution in [0.4, 0.5) is 10.5 Å². The molecule has 0 fully saturated rings. The molecule has 0 aliphatic rings. The minimum atomic E-state index is -1.19. The molecule has 18 heavy (non-hydrogen) atoms. The molecule has 1 rings (SSSR count). The van der Waals surface area contributed by atoms with Crippen LogP contribution in [0.15, 0.2) is 6.07 Å². The molecule has 0 bridgehead atoms. The molecular weight excluding hydrogens is 240 g/mol. The van der Waals surface area contributed by atoms with Gasteiger partial charge in [-0.05, 0) is 19.9 Å². The number of carbonyl (C=O) groups is 3. The number of H-pyrrole nitrogens is 1. The Morgan fingerprint density at radius 1 is 1.44 bits per heavy atom. The molecule has 1 atom stereocenters. The molecule has 1 heterocycles. The Kier molecular flexibility index (Phi) is 3.93. The predicted octanol–water partition coefficient (Wildman–Crippen LogP) is 0.0166. The van der Waals surface area contributed by atoms with E-state index in [-0.39, 0.29) is 11.4 Å². The molecule has 8 heteroatoms. The van der Waals surface area contributed by atoms with Crippen LogP contribution >= 0.6 is 0 Å². The maximum Gasteiger partial charge on any atom is 0.354 e. The molecule has 0 spiro atoms. The summed E-state index contributed by atoms with van der Waals surface area (Å²) in [5, 5.41) is 13.5. The maximum atomic E-state index is 11.5. The molecule has 1 aromatic rings. The second-order valence-corrected chi connectivity index (χ2v) is 3.77. The van der Waals surface area contributed by atoms with Gasteiger partial charge < -0.3 is 26.5 Å². The molecule has 1 unspecified atom stereocenters. The van der Waals surface area contributed by atoms with E-state index in [1.54, 1.807) is 6.92 Å². The van der Waals surface area contributed by atoms with Crippen molar-refractivity contribution in [3.05, 3.63) is 17.5 Å².